The molecular formula is C19H23F3N4O. The molecule has 3 rings (SSSR count). The SMILES string of the molecule is CCc1c(CNC(C)=O)c(Nc2cccc(C(F)(F)F)c2)nn1CC1CC1. The van der Waals surface area contributed by atoms with Gasteiger partial charge in [-0.2, -0.15) is 18.3 Å². The highest BCUT2D eigenvalue weighted by atomic mass is 19.4. The van der Waals surface area contributed by atoms with Gasteiger partial charge in [-0.25, -0.2) is 0 Å². The third-order valence-electron chi connectivity index (χ3n) is 4.60. The van der Waals surface area contributed by atoms with Crippen molar-refractivity contribution in [2.75, 3.05) is 5.32 Å². The van der Waals surface area contributed by atoms with Gasteiger partial charge in [0.1, 0.15) is 0 Å². The maximum Gasteiger partial charge on any atom is 0.416 e. The van der Waals surface area contributed by atoms with Gasteiger partial charge in [0.05, 0.1) is 5.56 Å². The number of halogens is 3. The van der Waals surface area contributed by atoms with Crippen LogP contribution in [0.25, 0.3) is 0 Å². The van der Waals surface area contributed by atoms with Crippen molar-refractivity contribution < 1.29 is 18.0 Å². The summed E-state index contributed by atoms with van der Waals surface area (Å²) in [7, 11) is 0. The lowest BCUT2D eigenvalue weighted by atomic mass is 10.1. The molecule has 0 spiro atoms. The predicted molar refractivity (Wildman–Crippen MR) is 96.6 cm³/mol. The normalized spacial score (nSPS) is 14.3. The lowest BCUT2D eigenvalue weighted by Gasteiger charge is -2.11. The molecule has 1 aliphatic rings. The highest BCUT2D eigenvalue weighted by Crippen LogP contribution is 2.34. The Labute approximate surface area is 155 Å². The van der Waals surface area contributed by atoms with E-state index >= 15 is 0 Å². The Balaban J connectivity index is 1.92. The molecule has 1 heterocycles. The summed E-state index contributed by atoms with van der Waals surface area (Å²) in [5, 5.41) is 10.4. The smallest absolute Gasteiger partial charge is 0.352 e. The lowest BCUT2D eigenvalue weighted by molar-refractivity contribution is -0.137. The first-order valence-corrected chi connectivity index (χ1v) is 9.05. The fourth-order valence-electron chi connectivity index (χ4n) is 3.03. The number of anilines is 2. The topological polar surface area (TPSA) is 59.0 Å². The van der Waals surface area contributed by atoms with Gasteiger partial charge in [0.2, 0.25) is 5.91 Å². The average molecular weight is 380 g/mol. The Bertz CT molecular complexity index is 825. The van der Waals surface area contributed by atoms with Crippen molar-refractivity contribution in [3.63, 3.8) is 0 Å². The molecule has 1 aliphatic carbocycles. The fraction of sp³-hybridized carbons (Fsp3) is 0.474. The first-order valence-electron chi connectivity index (χ1n) is 9.05. The number of carbonyl (C=O) groups is 1. The van der Waals surface area contributed by atoms with Gasteiger partial charge in [0.15, 0.2) is 5.82 Å². The first kappa shape index (κ1) is 19.3. The molecule has 1 saturated carbocycles. The zero-order chi connectivity index (χ0) is 19.6. The maximum atomic E-state index is 13.0. The highest BCUT2D eigenvalue weighted by Gasteiger charge is 2.30. The molecule has 0 saturated heterocycles. The van der Waals surface area contributed by atoms with Gasteiger partial charge < -0.3 is 10.6 Å². The molecule has 0 bridgehead atoms. The summed E-state index contributed by atoms with van der Waals surface area (Å²) in [5.41, 5.74) is 1.40. The van der Waals surface area contributed by atoms with E-state index in [0.29, 0.717) is 17.4 Å². The van der Waals surface area contributed by atoms with E-state index < -0.39 is 11.7 Å². The van der Waals surface area contributed by atoms with Crippen LogP contribution in [-0.4, -0.2) is 15.7 Å². The number of nitrogens with zero attached hydrogens (tertiary/aromatic N) is 2. The van der Waals surface area contributed by atoms with Crippen LogP contribution in [0.15, 0.2) is 24.3 Å². The van der Waals surface area contributed by atoms with E-state index in [9.17, 15) is 18.0 Å². The molecule has 27 heavy (non-hydrogen) atoms. The molecule has 2 aromatic rings. The largest absolute Gasteiger partial charge is 0.416 e. The second-order valence-electron chi connectivity index (χ2n) is 6.87. The summed E-state index contributed by atoms with van der Waals surface area (Å²) in [6.07, 6.45) is -1.35. The number of rotatable bonds is 7. The number of amides is 1. The van der Waals surface area contributed by atoms with E-state index in [1.165, 1.54) is 25.8 Å². The monoisotopic (exact) mass is 380 g/mol. The molecule has 0 aliphatic heterocycles. The van der Waals surface area contributed by atoms with Crippen LogP contribution in [0, 0.1) is 5.92 Å². The summed E-state index contributed by atoms with van der Waals surface area (Å²) < 4.78 is 40.8. The second-order valence-corrected chi connectivity index (χ2v) is 6.87. The third-order valence-corrected chi connectivity index (χ3v) is 4.60. The van der Waals surface area contributed by atoms with Crippen molar-refractivity contribution in [2.24, 2.45) is 5.92 Å². The van der Waals surface area contributed by atoms with Gasteiger partial charge in [-0.1, -0.05) is 13.0 Å². The summed E-state index contributed by atoms with van der Waals surface area (Å²) in [6, 6.07) is 5.03. The van der Waals surface area contributed by atoms with Crippen molar-refractivity contribution in [2.45, 2.75) is 52.4 Å². The average Bonchev–Trinajstić information content (AvgIpc) is 3.34. The minimum Gasteiger partial charge on any atom is -0.352 e. The number of hydrogen-bond donors (Lipinski definition) is 2. The Morgan fingerprint density at radius 3 is 2.67 bits per heavy atom. The van der Waals surface area contributed by atoms with Crippen molar-refractivity contribution in [1.29, 1.82) is 0 Å². The maximum absolute atomic E-state index is 13.0. The summed E-state index contributed by atoms with van der Waals surface area (Å²) in [6.45, 7) is 4.51. The number of alkyl halides is 3. The van der Waals surface area contributed by atoms with Crippen molar-refractivity contribution in [1.82, 2.24) is 15.1 Å². The number of carbonyl (C=O) groups excluding carboxylic acids is 1. The quantitative estimate of drug-likeness (QED) is 0.755. The van der Waals surface area contributed by atoms with Crippen LogP contribution < -0.4 is 10.6 Å². The van der Waals surface area contributed by atoms with E-state index in [1.807, 2.05) is 11.6 Å². The Hall–Kier alpha value is -2.51. The van der Waals surface area contributed by atoms with Gasteiger partial charge >= 0.3 is 6.18 Å². The van der Waals surface area contributed by atoms with Crippen LogP contribution in [0.2, 0.25) is 0 Å². The molecule has 1 fully saturated rings. The molecule has 0 unspecified atom stereocenters. The third kappa shape index (κ3) is 4.81. The van der Waals surface area contributed by atoms with E-state index in [-0.39, 0.29) is 12.5 Å². The van der Waals surface area contributed by atoms with Gasteiger partial charge in [-0.15, -0.1) is 0 Å². The summed E-state index contributed by atoms with van der Waals surface area (Å²) >= 11 is 0. The molecular weight excluding hydrogens is 357 g/mol. The molecule has 2 N–H and O–H groups in total. The number of nitrogens with one attached hydrogen (secondary N) is 2. The Kier molecular flexibility index (Phi) is 5.43. The Morgan fingerprint density at radius 2 is 2.07 bits per heavy atom. The van der Waals surface area contributed by atoms with E-state index in [1.54, 1.807) is 6.07 Å². The Morgan fingerprint density at radius 1 is 1.33 bits per heavy atom. The van der Waals surface area contributed by atoms with Crippen LogP contribution in [0.5, 0.6) is 0 Å². The molecule has 0 radical (unpaired) electrons. The lowest BCUT2D eigenvalue weighted by Crippen LogP contribution is -2.20. The molecule has 1 aromatic heterocycles. The summed E-state index contributed by atoms with van der Waals surface area (Å²) in [5.74, 6) is 0.919. The van der Waals surface area contributed by atoms with Crippen molar-refractivity contribution in [3.05, 3.63) is 41.1 Å². The van der Waals surface area contributed by atoms with Gasteiger partial charge in [-0.3, -0.25) is 9.48 Å². The van der Waals surface area contributed by atoms with Crippen LogP contribution in [0.3, 0.4) is 0 Å². The van der Waals surface area contributed by atoms with Crippen LogP contribution in [-0.2, 0) is 30.5 Å². The van der Waals surface area contributed by atoms with Gasteiger partial charge in [-0.05, 0) is 43.4 Å². The summed E-state index contributed by atoms with van der Waals surface area (Å²) in [4.78, 5) is 11.4. The molecule has 5 nitrogen and oxygen atoms in total. The minimum absolute atomic E-state index is 0.169. The van der Waals surface area contributed by atoms with Crippen molar-refractivity contribution >= 4 is 17.4 Å². The molecule has 146 valence electrons. The zero-order valence-electron chi connectivity index (χ0n) is 15.4. The molecule has 1 aromatic carbocycles. The number of hydrogen-bond acceptors (Lipinski definition) is 3. The molecule has 8 heteroatoms. The molecule has 0 atom stereocenters. The first-order chi connectivity index (χ1) is 12.8. The van der Waals surface area contributed by atoms with Crippen molar-refractivity contribution in [3.8, 4) is 0 Å². The van der Waals surface area contributed by atoms with Gasteiger partial charge in [0.25, 0.3) is 0 Å². The minimum atomic E-state index is -4.41. The standard InChI is InChI=1S/C19H23F3N4O/c1-3-17-16(10-23-12(2)27)18(25-26(17)11-13-7-8-13)24-15-6-4-5-14(9-15)19(20,21)22/h4-6,9,13H,3,7-8,10-11H2,1-2H3,(H,23,27)(H,24,25). The zero-order valence-corrected chi connectivity index (χ0v) is 15.4. The van der Waals surface area contributed by atoms with Crippen LogP contribution >= 0.6 is 0 Å². The highest BCUT2D eigenvalue weighted by molar-refractivity contribution is 5.73. The van der Waals surface area contributed by atoms with Gasteiger partial charge in [0, 0.05) is 37.0 Å². The van der Waals surface area contributed by atoms with E-state index in [0.717, 1.165) is 36.4 Å². The predicted octanol–water partition coefficient (Wildman–Crippen LogP) is 4.25. The van der Waals surface area contributed by atoms with E-state index in [4.69, 9.17) is 0 Å². The van der Waals surface area contributed by atoms with Crippen LogP contribution in [0.4, 0.5) is 24.7 Å². The fourth-order valence-corrected chi connectivity index (χ4v) is 3.03. The number of aromatic nitrogens is 2. The van der Waals surface area contributed by atoms with E-state index in [2.05, 4.69) is 15.7 Å². The second kappa shape index (κ2) is 7.62. The van der Waals surface area contributed by atoms with Crippen LogP contribution in [0.1, 0.15) is 43.5 Å². The number of benzene rings is 1. The molecule has 1 amide bonds.